The minimum absolute atomic E-state index is 0.280. The van der Waals surface area contributed by atoms with E-state index in [0.717, 1.165) is 29.7 Å². The summed E-state index contributed by atoms with van der Waals surface area (Å²) < 4.78 is 5.26. The van der Waals surface area contributed by atoms with E-state index in [1.54, 1.807) is 4.90 Å². The van der Waals surface area contributed by atoms with Crippen LogP contribution in [0.2, 0.25) is 0 Å². The molecule has 154 valence electrons. The van der Waals surface area contributed by atoms with Gasteiger partial charge in [0.15, 0.2) is 6.10 Å². The average Bonchev–Trinajstić information content (AvgIpc) is 3.27. The van der Waals surface area contributed by atoms with Crippen LogP contribution >= 0.6 is 0 Å². The molecule has 3 aliphatic rings. The average molecular weight is 399 g/mol. The highest BCUT2D eigenvalue weighted by atomic mass is 16.5. The number of hydrogen-bond donors (Lipinski definition) is 1. The number of amides is 4. The Balaban J connectivity index is 1.33. The van der Waals surface area contributed by atoms with Gasteiger partial charge in [-0.2, -0.15) is 0 Å². The van der Waals surface area contributed by atoms with Crippen LogP contribution in [0.4, 0.5) is 4.79 Å². The largest absolute Gasteiger partial charge is 0.451 e. The Kier molecular flexibility index (Phi) is 5.02. The molecule has 0 radical (unpaired) electrons. The van der Waals surface area contributed by atoms with Crippen molar-refractivity contribution in [3.05, 3.63) is 35.4 Å². The maximum Gasteiger partial charge on any atom is 0.327 e. The molecule has 1 aliphatic carbocycles. The zero-order valence-electron chi connectivity index (χ0n) is 16.5. The number of nitrogens with zero attached hydrogens (tertiary/aromatic N) is 2. The number of imide groups is 1. The summed E-state index contributed by atoms with van der Waals surface area (Å²) in [6, 6.07) is 7.38. The van der Waals surface area contributed by atoms with Crippen molar-refractivity contribution in [2.75, 3.05) is 13.1 Å². The molecule has 29 heavy (non-hydrogen) atoms. The first kappa shape index (κ1) is 19.4. The second-order valence-electron chi connectivity index (χ2n) is 8.02. The molecular weight excluding hydrogens is 374 g/mol. The molecule has 0 bridgehead atoms. The fourth-order valence-electron chi connectivity index (χ4n) is 4.49. The molecule has 1 aromatic rings. The van der Waals surface area contributed by atoms with Gasteiger partial charge in [-0.25, -0.2) is 4.79 Å². The summed E-state index contributed by atoms with van der Waals surface area (Å²) in [5.41, 5.74) is 1.45. The number of esters is 1. The molecule has 2 aliphatic heterocycles. The summed E-state index contributed by atoms with van der Waals surface area (Å²) in [5, 5.41) is 2.73. The van der Waals surface area contributed by atoms with E-state index in [9.17, 15) is 19.2 Å². The van der Waals surface area contributed by atoms with Gasteiger partial charge >= 0.3 is 12.0 Å². The third kappa shape index (κ3) is 3.59. The van der Waals surface area contributed by atoms with E-state index < -0.39 is 30.2 Å². The highest BCUT2D eigenvalue weighted by molar-refractivity contribution is 6.08. The Labute approximate surface area is 169 Å². The van der Waals surface area contributed by atoms with Gasteiger partial charge in [0.25, 0.3) is 11.8 Å². The third-order valence-electron chi connectivity index (χ3n) is 6.09. The monoisotopic (exact) mass is 399 g/mol. The number of rotatable bonds is 4. The van der Waals surface area contributed by atoms with E-state index >= 15 is 0 Å². The maximum atomic E-state index is 12.7. The Bertz CT molecular complexity index is 862. The summed E-state index contributed by atoms with van der Waals surface area (Å²) in [6.45, 7) is 2.08. The van der Waals surface area contributed by atoms with Crippen molar-refractivity contribution in [3.63, 3.8) is 0 Å². The van der Waals surface area contributed by atoms with Crippen LogP contribution in [0.25, 0.3) is 0 Å². The van der Waals surface area contributed by atoms with Crippen molar-refractivity contribution in [2.45, 2.75) is 57.2 Å². The second kappa shape index (κ2) is 7.50. The van der Waals surface area contributed by atoms with Crippen molar-refractivity contribution in [2.24, 2.45) is 0 Å². The number of nitrogens with one attached hydrogen (secondary N) is 1. The van der Waals surface area contributed by atoms with Gasteiger partial charge in [-0.3, -0.25) is 19.3 Å². The van der Waals surface area contributed by atoms with E-state index in [4.69, 9.17) is 4.74 Å². The Hall–Kier alpha value is -2.90. The van der Waals surface area contributed by atoms with Crippen molar-refractivity contribution >= 4 is 23.8 Å². The van der Waals surface area contributed by atoms with Crippen LogP contribution in [0.1, 0.15) is 43.7 Å². The number of urea groups is 1. The van der Waals surface area contributed by atoms with Gasteiger partial charge in [-0.15, -0.1) is 0 Å². The summed E-state index contributed by atoms with van der Waals surface area (Å²) in [7, 11) is 0. The number of fused-ring (bicyclic) bond motifs is 1. The molecule has 1 atom stereocenters. The molecule has 4 amide bonds. The van der Waals surface area contributed by atoms with Gasteiger partial charge in [0.1, 0.15) is 12.1 Å². The minimum atomic E-state index is -0.978. The van der Waals surface area contributed by atoms with Crippen LogP contribution in [-0.4, -0.2) is 58.3 Å². The lowest BCUT2D eigenvalue weighted by molar-refractivity contribution is -0.160. The molecule has 1 N–H and O–H groups in total. The molecule has 2 fully saturated rings. The molecule has 0 aromatic heterocycles. The first-order valence-electron chi connectivity index (χ1n) is 10.1. The lowest BCUT2D eigenvalue weighted by Crippen LogP contribution is -2.45. The van der Waals surface area contributed by atoms with Gasteiger partial charge in [-0.05, 0) is 37.3 Å². The van der Waals surface area contributed by atoms with E-state index in [1.807, 2.05) is 18.2 Å². The van der Waals surface area contributed by atoms with Gasteiger partial charge in [0.05, 0.1) is 0 Å². The summed E-state index contributed by atoms with van der Waals surface area (Å²) in [4.78, 5) is 52.4. The standard InChI is InChI=1S/C21H25N3O5/c1-14(18(26)23-11-8-15-6-2-3-7-16(15)12-23)29-17(25)13-24-19(27)21(22-20(24)28)9-4-5-10-21/h2-3,6-7,14H,4-5,8-13H2,1H3,(H,22,28)/t14-/m1/s1. The molecule has 0 unspecified atom stereocenters. The van der Waals surface area contributed by atoms with E-state index in [-0.39, 0.29) is 11.8 Å². The number of benzene rings is 1. The SMILES string of the molecule is C[C@@H](OC(=O)CN1C(=O)NC2(CCCC2)C1=O)C(=O)N1CCc2ccccc2C1. The predicted octanol–water partition coefficient (Wildman–Crippen LogP) is 1.37. The van der Waals surface area contributed by atoms with Crippen LogP contribution < -0.4 is 5.32 Å². The Morgan fingerprint density at radius 3 is 2.59 bits per heavy atom. The summed E-state index contributed by atoms with van der Waals surface area (Å²) in [5.74, 6) is -1.41. The van der Waals surface area contributed by atoms with E-state index in [0.29, 0.717) is 25.9 Å². The highest BCUT2D eigenvalue weighted by Gasteiger charge is 2.52. The molecule has 1 saturated heterocycles. The Morgan fingerprint density at radius 2 is 1.86 bits per heavy atom. The molecule has 8 nitrogen and oxygen atoms in total. The van der Waals surface area contributed by atoms with Gasteiger partial charge in [-0.1, -0.05) is 37.1 Å². The van der Waals surface area contributed by atoms with Crippen LogP contribution in [0.3, 0.4) is 0 Å². The lowest BCUT2D eigenvalue weighted by atomic mass is 9.98. The molecule has 1 aromatic carbocycles. The second-order valence-corrected chi connectivity index (χ2v) is 8.02. The minimum Gasteiger partial charge on any atom is -0.451 e. The molecular formula is C21H25N3O5. The lowest BCUT2D eigenvalue weighted by Gasteiger charge is -2.30. The normalized spacial score (nSPS) is 21.1. The maximum absolute atomic E-state index is 12.7. The number of hydrogen-bond acceptors (Lipinski definition) is 5. The van der Waals surface area contributed by atoms with Crippen molar-refractivity contribution in [3.8, 4) is 0 Å². The smallest absolute Gasteiger partial charge is 0.327 e. The van der Waals surface area contributed by atoms with Gasteiger partial charge in [0, 0.05) is 13.1 Å². The Morgan fingerprint density at radius 1 is 1.17 bits per heavy atom. The first-order valence-corrected chi connectivity index (χ1v) is 10.1. The van der Waals surface area contributed by atoms with Crippen LogP contribution in [0.15, 0.2) is 24.3 Å². The van der Waals surface area contributed by atoms with Crippen molar-refractivity contribution in [1.29, 1.82) is 0 Å². The molecule has 1 saturated carbocycles. The van der Waals surface area contributed by atoms with E-state index in [1.165, 1.54) is 12.5 Å². The quantitative estimate of drug-likeness (QED) is 0.609. The van der Waals surface area contributed by atoms with Crippen molar-refractivity contribution < 1.29 is 23.9 Å². The molecule has 2 heterocycles. The molecule has 8 heteroatoms. The number of ether oxygens (including phenoxy) is 1. The number of carbonyl (C=O) groups is 4. The zero-order chi connectivity index (χ0) is 20.6. The zero-order valence-corrected chi connectivity index (χ0v) is 16.5. The van der Waals surface area contributed by atoms with Crippen LogP contribution in [0, 0.1) is 0 Å². The van der Waals surface area contributed by atoms with Crippen LogP contribution in [0.5, 0.6) is 0 Å². The molecule has 1 spiro atoms. The highest BCUT2D eigenvalue weighted by Crippen LogP contribution is 2.35. The fourth-order valence-corrected chi connectivity index (χ4v) is 4.49. The fraction of sp³-hybridized carbons (Fsp3) is 0.524. The topological polar surface area (TPSA) is 96.0 Å². The van der Waals surface area contributed by atoms with Gasteiger partial charge < -0.3 is 15.0 Å². The van der Waals surface area contributed by atoms with Crippen LogP contribution in [-0.2, 0) is 32.1 Å². The van der Waals surface area contributed by atoms with E-state index in [2.05, 4.69) is 11.4 Å². The number of carbonyl (C=O) groups excluding carboxylic acids is 4. The third-order valence-corrected chi connectivity index (χ3v) is 6.09. The van der Waals surface area contributed by atoms with Gasteiger partial charge in [0.2, 0.25) is 0 Å². The molecule has 4 rings (SSSR count). The predicted molar refractivity (Wildman–Crippen MR) is 103 cm³/mol. The first-order chi connectivity index (χ1) is 13.9. The summed E-state index contributed by atoms with van der Waals surface area (Å²) in [6.07, 6.45) is 2.70. The summed E-state index contributed by atoms with van der Waals surface area (Å²) >= 11 is 0. The van der Waals surface area contributed by atoms with Crippen molar-refractivity contribution in [1.82, 2.24) is 15.1 Å².